The highest BCUT2D eigenvalue weighted by molar-refractivity contribution is 7.99. The van der Waals surface area contributed by atoms with Gasteiger partial charge in [0.15, 0.2) is 11.0 Å². The minimum Gasteiger partial charge on any atom is -0.481 e. The quantitative estimate of drug-likeness (QED) is 0.648. The highest BCUT2D eigenvalue weighted by Gasteiger charge is 2.14. The summed E-state index contributed by atoms with van der Waals surface area (Å²) in [5.41, 5.74) is 0. The van der Waals surface area contributed by atoms with Crippen molar-refractivity contribution in [2.45, 2.75) is 44.6 Å². The third-order valence-electron chi connectivity index (χ3n) is 3.28. The molecule has 114 valence electrons. The van der Waals surface area contributed by atoms with Crippen molar-refractivity contribution >= 4 is 17.7 Å². The van der Waals surface area contributed by atoms with E-state index in [-0.39, 0.29) is 12.4 Å². The lowest BCUT2D eigenvalue weighted by Crippen LogP contribution is -2.32. The average Bonchev–Trinajstić information content (AvgIpc) is 2.83. The van der Waals surface area contributed by atoms with Gasteiger partial charge in [0, 0.05) is 19.1 Å². The van der Waals surface area contributed by atoms with Crippen LogP contribution in [-0.2, 0) is 17.9 Å². The van der Waals surface area contributed by atoms with Gasteiger partial charge in [0.1, 0.15) is 6.61 Å². The second-order valence-corrected chi connectivity index (χ2v) is 5.57. The van der Waals surface area contributed by atoms with Gasteiger partial charge in [-0.3, -0.25) is 4.79 Å². The van der Waals surface area contributed by atoms with Crippen molar-refractivity contribution in [1.29, 1.82) is 0 Å². The van der Waals surface area contributed by atoms with Crippen LogP contribution in [0.2, 0.25) is 0 Å². The second kappa shape index (κ2) is 8.23. The predicted molar refractivity (Wildman–Crippen MR) is 76.7 cm³/mol. The van der Waals surface area contributed by atoms with E-state index in [4.69, 9.17) is 5.11 Å². The van der Waals surface area contributed by atoms with Crippen LogP contribution in [0.4, 0.5) is 0 Å². The summed E-state index contributed by atoms with van der Waals surface area (Å²) in [6, 6.07) is 0.471. The number of nitrogens with zero attached hydrogens (tertiary/aromatic N) is 4. The highest BCUT2D eigenvalue weighted by atomic mass is 32.2. The van der Waals surface area contributed by atoms with Gasteiger partial charge in [0.2, 0.25) is 0 Å². The number of hydrogen-bond donors (Lipinski definition) is 2. The van der Waals surface area contributed by atoms with E-state index in [1.807, 2.05) is 7.05 Å². The molecule has 0 spiro atoms. The van der Waals surface area contributed by atoms with Gasteiger partial charge in [0.25, 0.3) is 0 Å². The molecule has 0 radical (unpaired) electrons. The fraction of sp³-hybridized carbons (Fsp3) is 0.750. The molecule has 1 aromatic rings. The largest absolute Gasteiger partial charge is 0.481 e. The fourth-order valence-electron chi connectivity index (χ4n) is 1.68. The molecule has 0 amide bonds. The number of carbonyl (C=O) groups is 1. The van der Waals surface area contributed by atoms with Gasteiger partial charge in [0.05, 0.1) is 5.75 Å². The molecule has 1 heterocycles. The smallest absolute Gasteiger partial charge is 0.313 e. The van der Waals surface area contributed by atoms with Crippen LogP contribution in [0.1, 0.15) is 26.1 Å². The zero-order valence-corrected chi connectivity index (χ0v) is 12.9. The Labute approximate surface area is 123 Å². The number of aromatic nitrogens is 3. The maximum atomic E-state index is 10.6. The second-order valence-electron chi connectivity index (χ2n) is 4.63. The zero-order valence-electron chi connectivity index (χ0n) is 12.1. The van der Waals surface area contributed by atoms with E-state index in [1.54, 1.807) is 4.57 Å². The summed E-state index contributed by atoms with van der Waals surface area (Å²) >= 11 is 1.12. The van der Waals surface area contributed by atoms with E-state index in [9.17, 15) is 9.90 Å². The number of carboxylic acids is 1. The molecule has 8 heteroatoms. The molecule has 1 rings (SSSR count). The van der Waals surface area contributed by atoms with Crippen molar-refractivity contribution in [1.82, 2.24) is 19.7 Å². The summed E-state index contributed by atoms with van der Waals surface area (Å²) < 4.78 is 1.78. The molecule has 1 aromatic heterocycles. The Morgan fingerprint density at radius 3 is 2.75 bits per heavy atom. The monoisotopic (exact) mass is 302 g/mol. The lowest BCUT2D eigenvalue weighted by Gasteiger charge is -2.24. The molecule has 1 unspecified atom stereocenters. The Morgan fingerprint density at radius 2 is 2.20 bits per heavy atom. The van der Waals surface area contributed by atoms with E-state index in [1.165, 1.54) is 0 Å². The molecule has 0 aliphatic carbocycles. The SMILES string of the molecule is CCC(C)N(C)CCn1c(CO)nnc1SCC(=O)O. The van der Waals surface area contributed by atoms with E-state index in [0.29, 0.717) is 23.6 Å². The minimum atomic E-state index is -0.896. The number of hydrogen-bond acceptors (Lipinski definition) is 6. The number of aliphatic hydroxyl groups excluding tert-OH is 1. The molecule has 2 N–H and O–H groups in total. The maximum Gasteiger partial charge on any atom is 0.313 e. The molecule has 20 heavy (non-hydrogen) atoms. The van der Waals surface area contributed by atoms with Crippen molar-refractivity contribution in [3.05, 3.63) is 5.82 Å². The van der Waals surface area contributed by atoms with Crippen LogP contribution in [0.25, 0.3) is 0 Å². The summed E-state index contributed by atoms with van der Waals surface area (Å²) in [5.74, 6) is -0.493. The van der Waals surface area contributed by atoms with Crippen LogP contribution in [0.5, 0.6) is 0 Å². The van der Waals surface area contributed by atoms with Crippen molar-refractivity contribution in [3.8, 4) is 0 Å². The van der Waals surface area contributed by atoms with E-state index < -0.39 is 5.97 Å². The van der Waals surface area contributed by atoms with Gasteiger partial charge in [-0.05, 0) is 20.4 Å². The van der Waals surface area contributed by atoms with Gasteiger partial charge >= 0.3 is 5.97 Å². The van der Waals surface area contributed by atoms with Crippen molar-refractivity contribution in [2.75, 3.05) is 19.3 Å². The van der Waals surface area contributed by atoms with Gasteiger partial charge in [-0.25, -0.2) is 0 Å². The normalized spacial score (nSPS) is 12.8. The summed E-state index contributed by atoms with van der Waals surface area (Å²) in [6.45, 7) is 5.51. The van der Waals surface area contributed by atoms with Gasteiger partial charge in [-0.1, -0.05) is 18.7 Å². The molecule has 0 aromatic carbocycles. The number of rotatable bonds is 9. The average molecular weight is 302 g/mol. The number of thioether (sulfide) groups is 1. The molecular weight excluding hydrogens is 280 g/mol. The third kappa shape index (κ3) is 4.77. The molecule has 0 aliphatic rings. The molecule has 0 saturated heterocycles. The fourth-order valence-corrected chi connectivity index (χ4v) is 2.39. The van der Waals surface area contributed by atoms with Gasteiger partial charge < -0.3 is 19.7 Å². The molecule has 7 nitrogen and oxygen atoms in total. The maximum absolute atomic E-state index is 10.6. The van der Waals surface area contributed by atoms with Crippen molar-refractivity contribution in [2.24, 2.45) is 0 Å². The zero-order chi connectivity index (χ0) is 15.1. The molecule has 0 fully saturated rings. The summed E-state index contributed by atoms with van der Waals surface area (Å²) in [6.07, 6.45) is 1.06. The van der Waals surface area contributed by atoms with E-state index in [2.05, 4.69) is 28.9 Å². The highest BCUT2D eigenvalue weighted by Crippen LogP contribution is 2.17. The van der Waals surface area contributed by atoms with Crippen LogP contribution in [0.15, 0.2) is 5.16 Å². The lowest BCUT2D eigenvalue weighted by molar-refractivity contribution is -0.133. The summed E-state index contributed by atoms with van der Waals surface area (Å²) in [5, 5.41) is 26.3. The standard InChI is InChI=1S/C12H22N4O3S/c1-4-9(2)15(3)5-6-16-10(7-17)13-14-12(16)20-8-11(18)19/h9,17H,4-8H2,1-3H3,(H,18,19). The first-order chi connectivity index (χ1) is 9.49. The molecule has 0 aliphatic heterocycles. The predicted octanol–water partition coefficient (Wildman–Crippen LogP) is 0.677. The molecule has 0 saturated carbocycles. The Balaban J connectivity index is 2.70. The Morgan fingerprint density at radius 1 is 1.50 bits per heavy atom. The first-order valence-corrected chi connectivity index (χ1v) is 7.55. The number of aliphatic hydroxyl groups is 1. The Kier molecular flexibility index (Phi) is 6.97. The van der Waals surface area contributed by atoms with Crippen molar-refractivity contribution in [3.63, 3.8) is 0 Å². The topological polar surface area (TPSA) is 91.5 Å². The van der Waals surface area contributed by atoms with Crippen LogP contribution >= 0.6 is 11.8 Å². The van der Waals surface area contributed by atoms with Crippen molar-refractivity contribution < 1.29 is 15.0 Å². The van der Waals surface area contributed by atoms with Crippen LogP contribution in [-0.4, -0.2) is 61.2 Å². The Bertz CT molecular complexity index is 438. The minimum absolute atomic E-state index is 0.0647. The van der Waals surface area contributed by atoms with E-state index >= 15 is 0 Å². The summed E-state index contributed by atoms with van der Waals surface area (Å²) in [4.78, 5) is 12.8. The van der Waals surface area contributed by atoms with Crippen LogP contribution in [0, 0.1) is 0 Å². The number of likely N-dealkylation sites (N-methyl/N-ethyl adjacent to an activating group) is 1. The van der Waals surface area contributed by atoms with Gasteiger partial charge in [-0.2, -0.15) is 0 Å². The molecular formula is C12H22N4O3S. The third-order valence-corrected chi connectivity index (χ3v) is 4.23. The molecule has 0 bridgehead atoms. The first kappa shape index (κ1) is 16.9. The lowest BCUT2D eigenvalue weighted by atomic mass is 10.2. The summed E-state index contributed by atoms with van der Waals surface area (Å²) in [7, 11) is 2.04. The number of carboxylic acid groups (broad SMARTS) is 1. The van der Waals surface area contributed by atoms with Crippen LogP contribution in [0.3, 0.4) is 0 Å². The number of aliphatic carboxylic acids is 1. The van der Waals surface area contributed by atoms with E-state index in [0.717, 1.165) is 24.7 Å². The Hall–Kier alpha value is -1.12. The van der Waals surface area contributed by atoms with Gasteiger partial charge in [-0.15, -0.1) is 10.2 Å². The first-order valence-electron chi connectivity index (χ1n) is 6.57. The van der Waals surface area contributed by atoms with Crippen LogP contribution < -0.4 is 0 Å². The molecule has 1 atom stereocenters.